The summed E-state index contributed by atoms with van der Waals surface area (Å²) >= 11 is 0. The number of rotatable bonds is 5. The summed E-state index contributed by atoms with van der Waals surface area (Å²) in [6.45, 7) is 1.18. The van der Waals surface area contributed by atoms with E-state index in [0.717, 1.165) is 5.56 Å². The van der Waals surface area contributed by atoms with Gasteiger partial charge >= 0.3 is 0 Å². The van der Waals surface area contributed by atoms with Crippen molar-refractivity contribution in [3.05, 3.63) is 75.6 Å². The second-order valence-electron chi connectivity index (χ2n) is 7.15. The van der Waals surface area contributed by atoms with Gasteiger partial charge in [0.2, 0.25) is 5.76 Å². The highest BCUT2D eigenvalue weighted by molar-refractivity contribution is 5.99. The summed E-state index contributed by atoms with van der Waals surface area (Å²) in [7, 11) is 5.45. The van der Waals surface area contributed by atoms with E-state index >= 15 is 0 Å². The number of ether oxygens (including phenoxy) is 1. The molecule has 4 rings (SSSR count). The first-order valence-corrected chi connectivity index (χ1v) is 9.16. The van der Waals surface area contributed by atoms with Gasteiger partial charge in [0, 0.05) is 19.2 Å². The first-order valence-electron chi connectivity index (χ1n) is 9.16. The van der Waals surface area contributed by atoms with E-state index in [1.54, 1.807) is 30.2 Å². The predicted octanol–water partition coefficient (Wildman–Crippen LogP) is 2.91. The highest BCUT2D eigenvalue weighted by Gasteiger charge is 2.42. The van der Waals surface area contributed by atoms with Crippen LogP contribution in [0.1, 0.15) is 27.7 Å². The summed E-state index contributed by atoms with van der Waals surface area (Å²) in [5.74, 6) is 0.441. The number of carbonyl (C=O) groups is 1. The van der Waals surface area contributed by atoms with Crippen LogP contribution in [-0.2, 0) is 0 Å². The van der Waals surface area contributed by atoms with Gasteiger partial charge in [-0.3, -0.25) is 9.59 Å². The number of fused-ring (bicyclic) bond motifs is 2. The van der Waals surface area contributed by atoms with E-state index in [1.165, 1.54) is 0 Å². The van der Waals surface area contributed by atoms with Gasteiger partial charge in [0.25, 0.3) is 5.91 Å². The molecule has 0 fully saturated rings. The van der Waals surface area contributed by atoms with Gasteiger partial charge in [-0.25, -0.2) is 0 Å². The highest BCUT2D eigenvalue weighted by Crippen LogP contribution is 2.38. The monoisotopic (exact) mass is 378 g/mol. The van der Waals surface area contributed by atoms with Crippen LogP contribution in [0.25, 0.3) is 11.0 Å². The Kier molecular flexibility index (Phi) is 4.65. The van der Waals surface area contributed by atoms with E-state index < -0.39 is 6.04 Å². The zero-order valence-corrected chi connectivity index (χ0v) is 16.1. The van der Waals surface area contributed by atoms with Crippen molar-refractivity contribution in [2.75, 3.05) is 34.3 Å². The molecular weight excluding hydrogens is 356 g/mol. The molecule has 3 aromatic rings. The molecule has 0 saturated carbocycles. The van der Waals surface area contributed by atoms with Gasteiger partial charge in [-0.05, 0) is 31.8 Å². The van der Waals surface area contributed by atoms with Crippen LogP contribution in [0.3, 0.4) is 0 Å². The highest BCUT2D eigenvalue weighted by atomic mass is 16.5. The summed E-state index contributed by atoms with van der Waals surface area (Å²) in [5.41, 5.74) is 1.49. The maximum absolute atomic E-state index is 13.3. The van der Waals surface area contributed by atoms with Gasteiger partial charge < -0.3 is 19.0 Å². The van der Waals surface area contributed by atoms with Crippen LogP contribution in [0, 0.1) is 0 Å². The third-order valence-corrected chi connectivity index (χ3v) is 5.08. The topological polar surface area (TPSA) is 63.0 Å². The van der Waals surface area contributed by atoms with E-state index in [0.29, 0.717) is 35.4 Å². The van der Waals surface area contributed by atoms with E-state index in [4.69, 9.17) is 9.15 Å². The van der Waals surface area contributed by atoms with Gasteiger partial charge in [0.15, 0.2) is 5.43 Å². The fourth-order valence-electron chi connectivity index (χ4n) is 3.65. The molecule has 6 heteroatoms. The number of likely N-dealkylation sites (N-methyl/N-ethyl adjacent to an activating group) is 1. The minimum atomic E-state index is -0.452. The molecule has 1 aliphatic rings. The zero-order valence-electron chi connectivity index (χ0n) is 16.1. The second kappa shape index (κ2) is 7.13. The molecule has 0 bridgehead atoms. The lowest BCUT2D eigenvalue weighted by atomic mass is 9.98. The molecule has 6 nitrogen and oxygen atoms in total. The van der Waals surface area contributed by atoms with Crippen LogP contribution in [-0.4, -0.2) is 50.0 Å². The number of amides is 1. The Bertz CT molecular complexity index is 1090. The van der Waals surface area contributed by atoms with Crippen LogP contribution < -0.4 is 10.2 Å². The molecule has 2 heterocycles. The SMILES string of the molecule is COc1ccc2c(=O)c3c(oc2c1)C(=O)N(CCN(C)C)[C@@H]3c1ccccc1. The largest absolute Gasteiger partial charge is 0.497 e. The van der Waals surface area contributed by atoms with Crippen molar-refractivity contribution in [1.82, 2.24) is 9.80 Å². The summed E-state index contributed by atoms with van der Waals surface area (Å²) < 4.78 is 11.2. The number of hydrogen-bond acceptors (Lipinski definition) is 5. The molecule has 28 heavy (non-hydrogen) atoms. The summed E-state index contributed by atoms with van der Waals surface area (Å²) in [4.78, 5) is 30.3. The van der Waals surface area contributed by atoms with Crippen LogP contribution in [0.4, 0.5) is 0 Å². The van der Waals surface area contributed by atoms with E-state index in [1.807, 2.05) is 49.3 Å². The normalized spacial score (nSPS) is 16.1. The molecule has 0 N–H and O–H groups in total. The summed E-state index contributed by atoms with van der Waals surface area (Å²) in [6, 6.07) is 14.2. The van der Waals surface area contributed by atoms with Gasteiger partial charge in [-0.1, -0.05) is 30.3 Å². The number of hydrogen-bond donors (Lipinski definition) is 0. The minimum absolute atomic E-state index is 0.123. The van der Waals surface area contributed by atoms with Crippen molar-refractivity contribution in [3.63, 3.8) is 0 Å². The third kappa shape index (κ3) is 2.96. The maximum Gasteiger partial charge on any atom is 0.290 e. The van der Waals surface area contributed by atoms with Crippen molar-refractivity contribution in [3.8, 4) is 5.75 Å². The second-order valence-corrected chi connectivity index (χ2v) is 7.15. The first kappa shape index (κ1) is 18.3. The van der Waals surface area contributed by atoms with Crippen molar-refractivity contribution >= 4 is 16.9 Å². The van der Waals surface area contributed by atoms with Gasteiger partial charge in [0.1, 0.15) is 11.3 Å². The minimum Gasteiger partial charge on any atom is -0.497 e. The average Bonchev–Trinajstić information content (AvgIpc) is 2.99. The summed E-state index contributed by atoms with van der Waals surface area (Å²) in [5, 5.41) is 0.447. The number of nitrogens with zero attached hydrogens (tertiary/aromatic N) is 2. The zero-order chi connectivity index (χ0) is 19.8. The van der Waals surface area contributed by atoms with Gasteiger partial charge in [-0.2, -0.15) is 0 Å². The molecular formula is C22H22N2O4. The smallest absolute Gasteiger partial charge is 0.290 e. The van der Waals surface area contributed by atoms with E-state index in [2.05, 4.69) is 0 Å². The molecule has 0 unspecified atom stereocenters. The molecule has 1 aromatic heterocycles. The Morgan fingerprint density at radius 3 is 2.54 bits per heavy atom. The lowest BCUT2D eigenvalue weighted by Gasteiger charge is -2.26. The Labute approximate surface area is 162 Å². The van der Waals surface area contributed by atoms with Crippen LogP contribution >= 0.6 is 0 Å². The Morgan fingerprint density at radius 1 is 1.11 bits per heavy atom. The summed E-state index contributed by atoms with van der Waals surface area (Å²) in [6.07, 6.45) is 0. The Morgan fingerprint density at radius 2 is 1.86 bits per heavy atom. The van der Waals surface area contributed by atoms with Gasteiger partial charge in [-0.15, -0.1) is 0 Å². The maximum atomic E-state index is 13.3. The third-order valence-electron chi connectivity index (χ3n) is 5.08. The molecule has 144 valence electrons. The fraction of sp³-hybridized carbons (Fsp3) is 0.273. The lowest BCUT2D eigenvalue weighted by Crippen LogP contribution is -2.35. The van der Waals surface area contributed by atoms with E-state index in [-0.39, 0.29) is 17.1 Å². The standard InChI is InChI=1S/C22H22N2O4/c1-23(2)11-12-24-19(14-7-5-4-6-8-14)18-20(25)16-10-9-15(27-3)13-17(16)28-21(18)22(24)26/h4-10,13,19H,11-12H2,1-3H3/t19-/m1/s1. The number of carbonyl (C=O) groups excluding carboxylic acids is 1. The molecule has 2 aromatic carbocycles. The predicted molar refractivity (Wildman–Crippen MR) is 107 cm³/mol. The molecule has 1 amide bonds. The van der Waals surface area contributed by atoms with Crippen molar-refractivity contribution in [1.29, 1.82) is 0 Å². The van der Waals surface area contributed by atoms with Gasteiger partial charge in [0.05, 0.1) is 24.1 Å². The molecule has 0 saturated heterocycles. The lowest BCUT2D eigenvalue weighted by molar-refractivity contribution is 0.0716. The van der Waals surface area contributed by atoms with Crippen LogP contribution in [0.15, 0.2) is 57.7 Å². The molecule has 0 spiro atoms. The molecule has 0 aliphatic carbocycles. The number of benzene rings is 2. The Balaban J connectivity index is 1.93. The van der Waals surface area contributed by atoms with Crippen LogP contribution in [0.5, 0.6) is 5.75 Å². The molecule has 1 atom stereocenters. The quantitative estimate of drug-likeness (QED) is 0.683. The van der Waals surface area contributed by atoms with Crippen LogP contribution in [0.2, 0.25) is 0 Å². The average molecular weight is 378 g/mol. The fourth-order valence-corrected chi connectivity index (χ4v) is 3.65. The first-order chi connectivity index (χ1) is 13.5. The number of methoxy groups -OCH3 is 1. The molecule has 1 aliphatic heterocycles. The van der Waals surface area contributed by atoms with Crippen molar-refractivity contribution < 1.29 is 13.9 Å². The van der Waals surface area contributed by atoms with E-state index in [9.17, 15) is 9.59 Å². The van der Waals surface area contributed by atoms with Crippen molar-refractivity contribution in [2.24, 2.45) is 0 Å². The molecule has 0 radical (unpaired) electrons. The Hall–Kier alpha value is -3.12. The van der Waals surface area contributed by atoms with Crippen molar-refractivity contribution in [2.45, 2.75) is 6.04 Å².